The SMILES string of the molecule is c1cc(-c2ccc(-c3cccc(-n4c5ccccc5c5cc(-c6ccc7oc8ccccc8c7c6)ccc54)c3)cc2)cc(-c2nc(-n3c4ccccc4c4cc(-c5ccc6oc7ccccc7c6c5)ccc43)nc3ccc(-n4c5ccccc5c5cc(-c6ccc7oc8ccccc8c7c6)ccc54)cc23)c1. The lowest BCUT2D eigenvalue weighted by Gasteiger charge is -2.15. The number of aromatic nitrogens is 5. The van der Waals surface area contributed by atoms with Gasteiger partial charge in [-0.25, -0.2) is 9.97 Å². The fourth-order valence-electron chi connectivity index (χ4n) is 17.0. The molecule has 0 N–H and O–H groups in total. The van der Waals surface area contributed by atoms with Crippen molar-refractivity contribution in [2.45, 2.75) is 0 Å². The summed E-state index contributed by atoms with van der Waals surface area (Å²) in [6, 6.07) is 125. The molecular formula is C98H57N5O3. The lowest BCUT2D eigenvalue weighted by Crippen LogP contribution is -2.04. The van der Waals surface area contributed by atoms with Crippen LogP contribution in [0.15, 0.2) is 359 Å². The molecule has 7 aromatic heterocycles. The van der Waals surface area contributed by atoms with Gasteiger partial charge in [-0.3, -0.25) is 4.57 Å². The van der Waals surface area contributed by atoms with Crippen LogP contribution in [0.1, 0.15) is 0 Å². The van der Waals surface area contributed by atoms with Crippen molar-refractivity contribution in [3.8, 4) is 84.2 Å². The molecule has 8 heteroatoms. The summed E-state index contributed by atoms with van der Waals surface area (Å²) in [6.07, 6.45) is 0. The second-order valence-corrected chi connectivity index (χ2v) is 28.0. The van der Waals surface area contributed by atoms with Gasteiger partial charge in [0.15, 0.2) is 0 Å². The van der Waals surface area contributed by atoms with Gasteiger partial charge in [0, 0.05) is 87.0 Å². The predicted octanol–water partition coefficient (Wildman–Crippen LogP) is 26.6. The van der Waals surface area contributed by atoms with E-state index in [1.54, 1.807) is 0 Å². The van der Waals surface area contributed by atoms with E-state index in [2.05, 4.69) is 323 Å². The minimum atomic E-state index is 0.589. The largest absolute Gasteiger partial charge is 0.456 e. The van der Waals surface area contributed by atoms with Crippen LogP contribution < -0.4 is 0 Å². The summed E-state index contributed by atoms with van der Waals surface area (Å²) < 4.78 is 25.8. The van der Waals surface area contributed by atoms with Crippen molar-refractivity contribution in [1.29, 1.82) is 0 Å². The molecule has 0 bridgehead atoms. The lowest BCUT2D eigenvalue weighted by atomic mass is 9.97. The normalized spacial score (nSPS) is 12.2. The first-order chi connectivity index (χ1) is 52.5. The molecule has 7 heterocycles. The number of hydrogen-bond donors (Lipinski definition) is 0. The van der Waals surface area contributed by atoms with E-state index < -0.39 is 0 Å². The van der Waals surface area contributed by atoms with Crippen LogP contribution in [-0.2, 0) is 0 Å². The third-order valence-electron chi connectivity index (χ3n) is 22.1. The fraction of sp³-hybridized carbons (Fsp3) is 0. The Labute approximate surface area is 605 Å². The highest BCUT2D eigenvalue weighted by molar-refractivity contribution is 6.16. The van der Waals surface area contributed by atoms with Gasteiger partial charge >= 0.3 is 0 Å². The molecule has 0 unspecified atom stereocenters. The summed E-state index contributed by atoms with van der Waals surface area (Å²) in [5.41, 5.74) is 27.9. The number of rotatable bonds is 9. The average molecular weight is 1350 g/mol. The Morgan fingerprint density at radius 1 is 0.179 bits per heavy atom. The highest BCUT2D eigenvalue weighted by atomic mass is 16.3. The predicted molar refractivity (Wildman–Crippen MR) is 437 cm³/mol. The number of benzene rings is 16. The summed E-state index contributed by atoms with van der Waals surface area (Å²) in [7, 11) is 0. The van der Waals surface area contributed by atoms with Crippen molar-refractivity contribution >= 4 is 142 Å². The molecule has 0 aliphatic rings. The first-order valence-corrected chi connectivity index (χ1v) is 36.0. The molecule has 0 amide bonds. The Morgan fingerprint density at radius 2 is 0.509 bits per heavy atom. The van der Waals surface area contributed by atoms with Gasteiger partial charge in [-0.1, -0.05) is 200 Å². The minimum Gasteiger partial charge on any atom is -0.456 e. The van der Waals surface area contributed by atoms with Gasteiger partial charge in [-0.2, -0.15) is 0 Å². The molecule has 0 atom stereocenters. The molecule has 8 nitrogen and oxygen atoms in total. The van der Waals surface area contributed by atoms with E-state index in [9.17, 15) is 0 Å². The molecule has 492 valence electrons. The molecule has 0 saturated heterocycles. The summed E-state index contributed by atoms with van der Waals surface area (Å²) in [5.74, 6) is 0.589. The lowest BCUT2D eigenvalue weighted by molar-refractivity contribution is 0.668. The van der Waals surface area contributed by atoms with Crippen molar-refractivity contribution in [3.63, 3.8) is 0 Å². The van der Waals surface area contributed by atoms with E-state index in [1.165, 1.54) is 21.5 Å². The molecule has 16 aromatic carbocycles. The van der Waals surface area contributed by atoms with Crippen molar-refractivity contribution in [2.24, 2.45) is 0 Å². The van der Waals surface area contributed by atoms with E-state index in [4.69, 9.17) is 23.2 Å². The van der Waals surface area contributed by atoms with Crippen LogP contribution in [0.5, 0.6) is 0 Å². The fourth-order valence-corrected chi connectivity index (χ4v) is 17.0. The summed E-state index contributed by atoms with van der Waals surface area (Å²) in [4.78, 5) is 11.4. The Hall–Kier alpha value is -14.3. The van der Waals surface area contributed by atoms with Gasteiger partial charge < -0.3 is 22.4 Å². The van der Waals surface area contributed by atoms with Gasteiger partial charge in [0.05, 0.1) is 44.3 Å². The molecule has 23 rings (SSSR count). The molecule has 0 fully saturated rings. The molecule has 0 saturated carbocycles. The first kappa shape index (κ1) is 58.3. The molecule has 0 aliphatic heterocycles. The number of furan rings is 3. The minimum absolute atomic E-state index is 0.589. The van der Waals surface area contributed by atoms with Crippen molar-refractivity contribution in [3.05, 3.63) is 346 Å². The maximum atomic E-state index is 6.27. The third-order valence-corrected chi connectivity index (χ3v) is 22.1. The zero-order chi connectivity index (χ0) is 69.2. The summed E-state index contributed by atoms with van der Waals surface area (Å²) in [5, 5.41) is 14.6. The second-order valence-electron chi connectivity index (χ2n) is 28.0. The number of nitrogens with zero attached hydrogens (tertiary/aromatic N) is 5. The van der Waals surface area contributed by atoms with Crippen molar-refractivity contribution < 1.29 is 13.3 Å². The van der Waals surface area contributed by atoms with Gasteiger partial charge in [0.25, 0.3) is 0 Å². The molecular weight excluding hydrogens is 1300 g/mol. The average Bonchev–Trinajstić information content (AvgIpc) is 1.56. The summed E-state index contributed by atoms with van der Waals surface area (Å²) in [6.45, 7) is 0. The van der Waals surface area contributed by atoms with E-state index >= 15 is 0 Å². The molecule has 0 spiro atoms. The monoisotopic (exact) mass is 1350 g/mol. The highest BCUT2D eigenvalue weighted by Crippen LogP contribution is 2.44. The van der Waals surface area contributed by atoms with E-state index in [-0.39, 0.29) is 0 Å². The molecule has 106 heavy (non-hydrogen) atoms. The van der Waals surface area contributed by atoms with Gasteiger partial charge in [0.2, 0.25) is 5.95 Å². The smallest absolute Gasteiger partial charge is 0.235 e. The highest BCUT2D eigenvalue weighted by Gasteiger charge is 2.23. The number of fused-ring (bicyclic) bond motifs is 19. The Kier molecular flexibility index (Phi) is 12.4. The third kappa shape index (κ3) is 8.95. The van der Waals surface area contributed by atoms with Crippen molar-refractivity contribution in [1.82, 2.24) is 23.7 Å². The Balaban J connectivity index is 0.640. The van der Waals surface area contributed by atoms with Crippen LogP contribution in [0.25, 0.3) is 226 Å². The van der Waals surface area contributed by atoms with Crippen molar-refractivity contribution in [2.75, 3.05) is 0 Å². The number of hydrogen-bond acceptors (Lipinski definition) is 5. The molecule has 0 radical (unpaired) electrons. The van der Waals surface area contributed by atoms with Crippen LogP contribution in [0.2, 0.25) is 0 Å². The topological polar surface area (TPSA) is 80.0 Å². The molecule has 23 aromatic rings. The standard InChI is InChI=1S/C98H57N5O3/c1-7-25-85-71(19-1)77-51-62(65-38-46-94-80(54-65)74-22-4-10-28-91(74)104-94)35-43-88(77)101(85)69-18-14-16-61(50-69)59-33-31-58(32-34-59)60-15-13-17-68(49-60)97-83-57-70(102-86-26-8-2-20-72(86)78-52-63(36-44-89(78)102)66-39-47-95-81(55-66)75-23-5-11-29-92(75)105-95)41-42-84(83)99-98(100-97)103-87-27-9-3-21-73(87)79-53-64(37-45-90(79)103)67-40-48-96-82(56-67)76-24-6-12-30-93(76)106-96/h1-57H. The maximum Gasteiger partial charge on any atom is 0.235 e. The van der Waals surface area contributed by atoms with Gasteiger partial charge in [-0.15, -0.1) is 0 Å². The quantitative estimate of drug-likeness (QED) is 0.144. The van der Waals surface area contributed by atoms with Crippen LogP contribution in [-0.4, -0.2) is 23.7 Å². The first-order valence-electron chi connectivity index (χ1n) is 36.0. The van der Waals surface area contributed by atoms with E-state index in [0.29, 0.717) is 5.95 Å². The summed E-state index contributed by atoms with van der Waals surface area (Å²) >= 11 is 0. The van der Waals surface area contributed by atoms with Crippen LogP contribution in [0, 0.1) is 0 Å². The van der Waals surface area contributed by atoms with Gasteiger partial charge in [-0.05, 0) is 201 Å². The van der Waals surface area contributed by atoms with Gasteiger partial charge in [0.1, 0.15) is 33.5 Å². The zero-order valence-electron chi connectivity index (χ0n) is 56.9. The molecule has 0 aliphatic carbocycles. The maximum absolute atomic E-state index is 6.27. The number of para-hydroxylation sites is 6. The second kappa shape index (κ2) is 22.6. The van der Waals surface area contributed by atoms with Crippen LogP contribution in [0.4, 0.5) is 0 Å². The Morgan fingerprint density at radius 3 is 0.981 bits per heavy atom. The van der Waals surface area contributed by atoms with Crippen LogP contribution in [0.3, 0.4) is 0 Å². The Bertz CT molecular complexity index is 7660. The zero-order valence-corrected chi connectivity index (χ0v) is 56.9. The van der Waals surface area contributed by atoms with Crippen LogP contribution >= 0.6 is 0 Å². The van der Waals surface area contributed by atoms with E-state index in [0.717, 1.165) is 199 Å². The van der Waals surface area contributed by atoms with E-state index in [1.807, 2.05) is 36.4 Å².